The fraction of sp³-hybridized carbons (Fsp3) is 0.185. The first kappa shape index (κ1) is 20.4. The maximum absolute atomic E-state index is 13.2. The van der Waals surface area contributed by atoms with Gasteiger partial charge < -0.3 is 9.47 Å². The smallest absolute Gasteiger partial charge is 0.249 e. The number of carbonyl (C=O) groups excluding carboxylic acids is 1. The second-order valence-corrected chi connectivity index (χ2v) is 8.73. The standard InChI is InChI=1S/C27H24N6O/c1-19-15-21-11-5-7-13-24(21)33(19)26(34)18-31-16-22(29-30-31)17-32-25-14-8-6-12-23(25)28-27(32)20-9-3-2-4-10-20/h2-14,16,19H,15,17-18H2,1H3. The van der Waals surface area contributed by atoms with E-state index in [1.165, 1.54) is 5.56 Å². The van der Waals surface area contributed by atoms with E-state index in [-0.39, 0.29) is 18.5 Å². The molecule has 0 saturated heterocycles. The van der Waals surface area contributed by atoms with E-state index < -0.39 is 0 Å². The Kier molecular flexibility index (Phi) is 4.95. The third-order valence-corrected chi connectivity index (χ3v) is 6.37. The Morgan fingerprint density at radius 1 is 0.971 bits per heavy atom. The van der Waals surface area contributed by atoms with Gasteiger partial charge >= 0.3 is 0 Å². The van der Waals surface area contributed by atoms with Gasteiger partial charge in [-0.15, -0.1) is 5.10 Å². The van der Waals surface area contributed by atoms with Crippen LogP contribution in [0.4, 0.5) is 5.69 Å². The lowest BCUT2D eigenvalue weighted by atomic mass is 10.1. The molecule has 1 unspecified atom stereocenters. The average Bonchev–Trinajstić information content (AvgIpc) is 3.55. The molecule has 0 bridgehead atoms. The summed E-state index contributed by atoms with van der Waals surface area (Å²) >= 11 is 0. The largest absolute Gasteiger partial charge is 0.318 e. The molecule has 0 saturated carbocycles. The Morgan fingerprint density at radius 3 is 2.62 bits per heavy atom. The van der Waals surface area contributed by atoms with Crippen molar-refractivity contribution in [3.63, 3.8) is 0 Å². The number of benzene rings is 3. The predicted octanol–water partition coefficient (Wildman–Crippen LogP) is 4.32. The van der Waals surface area contributed by atoms with Crippen molar-refractivity contribution in [2.24, 2.45) is 0 Å². The zero-order valence-corrected chi connectivity index (χ0v) is 18.9. The number of carbonyl (C=O) groups is 1. The summed E-state index contributed by atoms with van der Waals surface area (Å²) in [6, 6.07) is 26.5. The molecule has 168 valence electrons. The van der Waals surface area contributed by atoms with E-state index in [1.807, 2.05) is 65.7 Å². The Morgan fingerprint density at radius 2 is 1.74 bits per heavy atom. The molecular weight excluding hydrogens is 424 g/mol. The van der Waals surface area contributed by atoms with E-state index in [0.717, 1.165) is 40.2 Å². The van der Waals surface area contributed by atoms with Crippen LogP contribution < -0.4 is 4.90 Å². The molecule has 1 aliphatic rings. The van der Waals surface area contributed by atoms with Crippen LogP contribution in [0, 0.1) is 0 Å². The van der Waals surface area contributed by atoms with Crippen LogP contribution in [0.2, 0.25) is 0 Å². The Hall–Kier alpha value is -4.26. The average molecular weight is 449 g/mol. The lowest BCUT2D eigenvalue weighted by molar-refractivity contribution is -0.119. The topological polar surface area (TPSA) is 68.8 Å². The highest BCUT2D eigenvalue weighted by Gasteiger charge is 2.30. The van der Waals surface area contributed by atoms with Gasteiger partial charge in [-0.3, -0.25) is 4.79 Å². The predicted molar refractivity (Wildman–Crippen MR) is 131 cm³/mol. The van der Waals surface area contributed by atoms with Gasteiger partial charge in [0.05, 0.1) is 23.8 Å². The highest BCUT2D eigenvalue weighted by Crippen LogP contribution is 2.32. The first-order valence-corrected chi connectivity index (χ1v) is 11.5. The molecule has 0 fully saturated rings. The van der Waals surface area contributed by atoms with Crippen LogP contribution in [-0.2, 0) is 24.3 Å². The normalized spacial score (nSPS) is 15.1. The van der Waals surface area contributed by atoms with Crippen LogP contribution in [0.1, 0.15) is 18.2 Å². The maximum atomic E-state index is 13.2. The minimum atomic E-state index is 0.0203. The SMILES string of the molecule is CC1Cc2ccccc2N1C(=O)Cn1cc(Cn2c(-c3ccccc3)nc3ccccc32)nn1. The third kappa shape index (κ3) is 3.55. The van der Waals surface area contributed by atoms with Gasteiger partial charge in [0.2, 0.25) is 5.91 Å². The summed E-state index contributed by atoms with van der Waals surface area (Å²) in [6.07, 6.45) is 2.73. The molecule has 6 rings (SSSR count). The van der Waals surface area contributed by atoms with E-state index in [9.17, 15) is 4.79 Å². The summed E-state index contributed by atoms with van der Waals surface area (Å²) in [5.74, 6) is 0.905. The molecule has 1 atom stereocenters. The van der Waals surface area contributed by atoms with Gasteiger partial charge in [-0.2, -0.15) is 0 Å². The number of aromatic nitrogens is 5. The number of imidazole rings is 1. The molecule has 0 N–H and O–H groups in total. The van der Waals surface area contributed by atoms with Crippen LogP contribution >= 0.6 is 0 Å². The van der Waals surface area contributed by atoms with E-state index >= 15 is 0 Å². The van der Waals surface area contributed by atoms with Crippen molar-refractivity contribution in [2.45, 2.75) is 32.5 Å². The molecule has 3 aromatic carbocycles. The summed E-state index contributed by atoms with van der Waals surface area (Å²) in [7, 11) is 0. The van der Waals surface area contributed by atoms with Gasteiger partial charge in [0, 0.05) is 17.3 Å². The van der Waals surface area contributed by atoms with Crippen molar-refractivity contribution in [2.75, 3.05) is 4.90 Å². The first-order valence-electron chi connectivity index (χ1n) is 11.5. The summed E-state index contributed by atoms with van der Waals surface area (Å²) < 4.78 is 3.78. The summed E-state index contributed by atoms with van der Waals surface area (Å²) in [5.41, 5.74) is 6.01. The number of fused-ring (bicyclic) bond motifs is 2. The molecule has 2 aromatic heterocycles. The number of anilines is 1. The van der Waals surface area contributed by atoms with Crippen molar-refractivity contribution in [1.82, 2.24) is 24.5 Å². The van der Waals surface area contributed by atoms with Crippen LogP contribution in [-0.4, -0.2) is 36.5 Å². The summed E-state index contributed by atoms with van der Waals surface area (Å²) in [5, 5.41) is 8.63. The van der Waals surface area contributed by atoms with E-state index in [1.54, 1.807) is 4.68 Å². The van der Waals surface area contributed by atoms with Crippen molar-refractivity contribution in [1.29, 1.82) is 0 Å². The van der Waals surface area contributed by atoms with Gasteiger partial charge in [-0.1, -0.05) is 65.9 Å². The van der Waals surface area contributed by atoms with E-state index in [2.05, 4.69) is 46.1 Å². The number of hydrogen-bond donors (Lipinski definition) is 0. The second kappa shape index (κ2) is 8.26. The minimum Gasteiger partial charge on any atom is -0.318 e. The number of amides is 1. The molecule has 7 heteroatoms. The van der Waals surface area contributed by atoms with Gasteiger partial charge in [-0.05, 0) is 37.1 Å². The van der Waals surface area contributed by atoms with E-state index in [0.29, 0.717) is 6.54 Å². The molecule has 5 aromatic rings. The third-order valence-electron chi connectivity index (χ3n) is 6.37. The molecule has 7 nitrogen and oxygen atoms in total. The van der Waals surface area contributed by atoms with Crippen LogP contribution in [0.5, 0.6) is 0 Å². The first-order chi connectivity index (χ1) is 16.7. The molecular formula is C27H24N6O. The van der Waals surface area contributed by atoms with Gasteiger partial charge in [0.15, 0.2) is 0 Å². The molecule has 3 heterocycles. The van der Waals surface area contributed by atoms with Crippen LogP contribution in [0.3, 0.4) is 0 Å². The Balaban J connectivity index is 1.27. The van der Waals surface area contributed by atoms with Gasteiger partial charge in [0.25, 0.3) is 0 Å². The molecule has 1 aliphatic heterocycles. The van der Waals surface area contributed by atoms with E-state index in [4.69, 9.17) is 4.98 Å². The lowest BCUT2D eigenvalue weighted by Crippen LogP contribution is -2.38. The Bertz CT molecular complexity index is 1490. The summed E-state index contributed by atoms with van der Waals surface area (Å²) in [6.45, 7) is 2.75. The highest BCUT2D eigenvalue weighted by atomic mass is 16.2. The number of nitrogens with zero attached hydrogens (tertiary/aromatic N) is 6. The van der Waals surface area contributed by atoms with Crippen molar-refractivity contribution >= 4 is 22.6 Å². The minimum absolute atomic E-state index is 0.0203. The zero-order chi connectivity index (χ0) is 23.1. The number of hydrogen-bond acceptors (Lipinski definition) is 4. The van der Waals surface area contributed by atoms with Gasteiger partial charge in [0.1, 0.15) is 18.1 Å². The second-order valence-electron chi connectivity index (χ2n) is 8.73. The van der Waals surface area contributed by atoms with Gasteiger partial charge in [-0.25, -0.2) is 9.67 Å². The number of para-hydroxylation sites is 3. The quantitative estimate of drug-likeness (QED) is 0.402. The maximum Gasteiger partial charge on any atom is 0.249 e. The molecule has 0 aliphatic carbocycles. The fourth-order valence-electron chi connectivity index (χ4n) is 4.85. The lowest BCUT2D eigenvalue weighted by Gasteiger charge is -2.22. The van der Waals surface area contributed by atoms with Crippen molar-refractivity contribution in [3.8, 4) is 11.4 Å². The van der Waals surface area contributed by atoms with Crippen molar-refractivity contribution < 1.29 is 4.79 Å². The van der Waals surface area contributed by atoms with Crippen LogP contribution in [0.15, 0.2) is 85.1 Å². The fourth-order valence-corrected chi connectivity index (χ4v) is 4.85. The molecule has 0 radical (unpaired) electrons. The number of rotatable bonds is 5. The van der Waals surface area contributed by atoms with Crippen molar-refractivity contribution in [3.05, 3.63) is 96.3 Å². The molecule has 1 amide bonds. The molecule has 34 heavy (non-hydrogen) atoms. The van der Waals surface area contributed by atoms with Crippen LogP contribution in [0.25, 0.3) is 22.4 Å². The monoisotopic (exact) mass is 448 g/mol. The zero-order valence-electron chi connectivity index (χ0n) is 18.9. The highest BCUT2D eigenvalue weighted by molar-refractivity contribution is 5.96. The summed E-state index contributed by atoms with van der Waals surface area (Å²) in [4.78, 5) is 19.9. The Labute approximate surface area is 197 Å². The molecule has 0 spiro atoms.